The molecule has 0 aromatic heterocycles. The minimum Gasteiger partial charge on any atom is -0.489 e. The van der Waals surface area contributed by atoms with Gasteiger partial charge in [-0.1, -0.05) is 24.3 Å². The summed E-state index contributed by atoms with van der Waals surface area (Å²) >= 11 is 5.95. The molecule has 0 spiro atoms. The molecule has 18 heavy (non-hydrogen) atoms. The number of rotatable bonds is 5. The summed E-state index contributed by atoms with van der Waals surface area (Å²) in [6.45, 7) is 3.75. The highest BCUT2D eigenvalue weighted by atomic mass is 35.5. The molecule has 1 aromatic rings. The summed E-state index contributed by atoms with van der Waals surface area (Å²) < 4.78 is 24.7. The average Bonchev–Trinajstić information content (AvgIpc) is 2.87. The van der Waals surface area contributed by atoms with Gasteiger partial charge in [0.2, 0.25) is 0 Å². The van der Waals surface area contributed by atoms with Crippen LogP contribution in [0.5, 0.6) is 11.5 Å². The van der Waals surface area contributed by atoms with E-state index in [1.54, 1.807) is 12.1 Å². The minimum absolute atomic E-state index is 0.0107. The normalized spacial score (nSPS) is 15.7. The number of hydrogen-bond acceptors (Lipinski definition) is 2. The average molecular weight is 271 g/mol. The molecule has 4 heteroatoms. The van der Waals surface area contributed by atoms with Crippen LogP contribution in [0.15, 0.2) is 24.8 Å². The molecule has 0 amide bonds. The molecule has 0 radical (unpaired) electrons. The van der Waals surface area contributed by atoms with Crippen LogP contribution in [0.1, 0.15) is 25.7 Å². The number of ether oxygens (including phenoxy) is 2. The molecule has 1 aliphatic rings. The van der Waals surface area contributed by atoms with Crippen LogP contribution in [0.25, 0.3) is 0 Å². The molecular weight excluding hydrogens is 255 g/mol. The summed E-state index contributed by atoms with van der Waals surface area (Å²) in [4.78, 5) is 0. The second-order valence-corrected chi connectivity index (χ2v) is 4.69. The third-order valence-corrected chi connectivity index (χ3v) is 3.32. The maximum absolute atomic E-state index is 13.9. The second kappa shape index (κ2) is 6.10. The predicted octanol–water partition coefficient (Wildman–Crippen LogP) is 4.37. The van der Waals surface area contributed by atoms with Crippen molar-refractivity contribution in [1.29, 1.82) is 0 Å². The molecular formula is C14H16ClFO2. The van der Waals surface area contributed by atoms with Gasteiger partial charge in [0, 0.05) is 0 Å². The van der Waals surface area contributed by atoms with Gasteiger partial charge >= 0.3 is 0 Å². The molecule has 1 saturated carbocycles. The molecule has 0 aliphatic heterocycles. The Morgan fingerprint density at radius 3 is 2.67 bits per heavy atom. The van der Waals surface area contributed by atoms with Gasteiger partial charge in [0.1, 0.15) is 17.4 Å². The fourth-order valence-corrected chi connectivity index (χ4v) is 2.25. The number of benzene rings is 1. The lowest BCUT2D eigenvalue weighted by Crippen LogP contribution is -2.11. The Morgan fingerprint density at radius 1 is 1.33 bits per heavy atom. The van der Waals surface area contributed by atoms with Crippen molar-refractivity contribution < 1.29 is 13.9 Å². The van der Waals surface area contributed by atoms with Crippen LogP contribution in [0.3, 0.4) is 0 Å². The molecule has 0 atom stereocenters. The number of hydrogen-bond donors (Lipinski definition) is 0. The Labute approximate surface area is 111 Å². The van der Waals surface area contributed by atoms with Crippen molar-refractivity contribution in [3.63, 3.8) is 0 Å². The van der Waals surface area contributed by atoms with Gasteiger partial charge in [0.15, 0.2) is 11.6 Å². The zero-order valence-corrected chi connectivity index (χ0v) is 10.9. The van der Waals surface area contributed by atoms with Crippen LogP contribution in [0, 0.1) is 5.82 Å². The number of halogens is 2. The Kier molecular flexibility index (Phi) is 4.48. The highest BCUT2D eigenvalue weighted by Gasteiger charge is 2.20. The highest BCUT2D eigenvalue weighted by Crippen LogP contribution is 2.35. The molecule has 0 heterocycles. The lowest BCUT2D eigenvalue weighted by atomic mass is 10.2. The molecule has 0 N–H and O–H groups in total. The van der Waals surface area contributed by atoms with Crippen LogP contribution in [0.4, 0.5) is 4.39 Å². The Balaban J connectivity index is 2.11. The first kappa shape index (κ1) is 13.2. The van der Waals surface area contributed by atoms with Crippen molar-refractivity contribution in [1.82, 2.24) is 0 Å². The second-order valence-electron chi connectivity index (χ2n) is 4.31. The Bertz CT molecular complexity index is 428. The van der Waals surface area contributed by atoms with E-state index in [2.05, 4.69) is 6.58 Å². The maximum atomic E-state index is 13.9. The van der Waals surface area contributed by atoms with E-state index < -0.39 is 5.82 Å². The van der Waals surface area contributed by atoms with Gasteiger partial charge in [-0.05, 0) is 37.8 Å². The van der Waals surface area contributed by atoms with Gasteiger partial charge in [-0.3, -0.25) is 0 Å². The van der Waals surface area contributed by atoms with E-state index in [4.69, 9.17) is 21.1 Å². The summed E-state index contributed by atoms with van der Waals surface area (Å²) in [5.41, 5.74) is 0. The van der Waals surface area contributed by atoms with Crippen LogP contribution in [-0.4, -0.2) is 12.7 Å². The first-order valence-corrected chi connectivity index (χ1v) is 6.48. The quantitative estimate of drug-likeness (QED) is 0.740. The molecule has 0 bridgehead atoms. The van der Waals surface area contributed by atoms with E-state index in [0.29, 0.717) is 5.75 Å². The zero-order valence-electron chi connectivity index (χ0n) is 10.1. The molecule has 0 saturated heterocycles. The van der Waals surface area contributed by atoms with Gasteiger partial charge in [-0.15, -0.1) is 0 Å². The smallest absolute Gasteiger partial charge is 0.187 e. The zero-order chi connectivity index (χ0) is 13.0. The van der Waals surface area contributed by atoms with E-state index in [-0.39, 0.29) is 23.5 Å². The van der Waals surface area contributed by atoms with E-state index in [1.165, 1.54) is 6.07 Å². The van der Waals surface area contributed by atoms with E-state index in [0.717, 1.165) is 25.7 Å². The van der Waals surface area contributed by atoms with Crippen LogP contribution in [-0.2, 0) is 0 Å². The molecule has 2 nitrogen and oxygen atoms in total. The molecule has 1 aromatic carbocycles. The van der Waals surface area contributed by atoms with E-state index in [9.17, 15) is 4.39 Å². The first-order chi connectivity index (χ1) is 8.72. The standard InChI is InChI=1S/C14H16ClFO2/c1-2-9-17-12-8-7-11(13(15)14(12)16)18-10-5-3-4-6-10/h2,7-8,10H,1,3-6,9H2. The molecule has 1 fully saturated rings. The first-order valence-electron chi connectivity index (χ1n) is 6.10. The lowest BCUT2D eigenvalue weighted by Gasteiger charge is -2.15. The largest absolute Gasteiger partial charge is 0.489 e. The maximum Gasteiger partial charge on any atom is 0.187 e. The SMILES string of the molecule is C=CCOc1ccc(OC2CCCC2)c(Cl)c1F. The minimum atomic E-state index is -0.575. The van der Waals surface area contributed by atoms with Crippen LogP contribution in [0.2, 0.25) is 5.02 Å². The molecule has 98 valence electrons. The van der Waals surface area contributed by atoms with Gasteiger partial charge < -0.3 is 9.47 Å². The third kappa shape index (κ3) is 2.96. The van der Waals surface area contributed by atoms with Crippen molar-refractivity contribution in [2.45, 2.75) is 31.8 Å². The van der Waals surface area contributed by atoms with Gasteiger partial charge in [-0.2, -0.15) is 0 Å². The third-order valence-electron chi connectivity index (χ3n) is 2.96. The Morgan fingerprint density at radius 2 is 2.00 bits per heavy atom. The summed E-state index contributed by atoms with van der Waals surface area (Å²) in [5.74, 6) is -0.0558. The van der Waals surface area contributed by atoms with E-state index >= 15 is 0 Å². The summed E-state index contributed by atoms with van der Waals surface area (Å²) in [5, 5.41) is -0.0107. The lowest BCUT2D eigenvalue weighted by molar-refractivity contribution is 0.208. The highest BCUT2D eigenvalue weighted by molar-refractivity contribution is 6.32. The van der Waals surface area contributed by atoms with Gasteiger partial charge in [-0.25, -0.2) is 4.39 Å². The summed E-state index contributed by atoms with van der Waals surface area (Å²) in [6.07, 6.45) is 6.04. The molecule has 0 unspecified atom stereocenters. The summed E-state index contributed by atoms with van der Waals surface area (Å²) in [7, 11) is 0. The van der Waals surface area contributed by atoms with Crippen molar-refractivity contribution in [3.8, 4) is 11.5 Å². The van der Waals surface area contributed by atoms with Gasteiger partial charge in [0.25, 0.3) is 0 Å². The monoisotopic (exact) mass is 270 g/mol. The topological polar surface area (TPSA) is 18.5 Å². The fraction of sp³-hybridized carbons (Fsp3) is 0.429. The van der Waals surface area contributed by atoms with Crippen molar-refractivity contribution >= 4 is 11.6 Å². The fourth-order valence-electron chi connectivity index (χ4n) is 2.05. The predicted molar refractivity (Wildman–Crippen MR) is 70.0 cm³/mol. The van der Waals surface area contributed by atoms with Gasteiger partial charge in [0.05, 0.1) is 6.10 Å². The van der Waals surface area contributed by atoms with E-state index in [1.807, 2.05) is 0 Å². The molecule has 1 aliphatic carbocycles. The van der Waals surface area contributed by atoms with Crippen molar-refractivity contribution in [2.75, 3.05) is 6.61 Å². The Hall–Kier alpha value is -1.22. The van der Waals surface area contributed by atoms with Crippen molar-refractivity contribution in [3.05, 3.63) is 35.6 Å². The molecule has 2 rings (SSSR count). The van der Waals surface area contributed by atoms with Crippen LogP contribution >= 0.6 is 11.6 Å². The van der Waals surface area contributed by atoms with Crippen LogP contribution < -0.4 is 9.47 Å². The summed E-state index contributed by atoms with van der Waals surface area (Å²) in [6, 6.07) is 3.19. The van der Waals surface area contributed by atoms with Crippen molar-refractivity contribution in [2.24, 2.45) is 0 Å².